The maximum Gasteiger partial charge on any atom is 0.293 e. The number of anilines is 1. The molecule has 0 unspecified atom stereocenters. The Hall–Kier alpha value is -2.90. The number of nitro benzene ring substituents is 1. The van der Waals surface area contributed by atoms with Crippen LogP contribution in [0, 0.1) is 10.1 Å². The van der Waals surface area contributed by atoms with E-state index in [0.717, 1.165) is 0 Å². The summed E-state index contributed by atoms with van der Waals surface area (Å²) in [5.74, 6) is -0.291. The number of rotatable bonds is 5. The largest absolute Gasteiger partial charge is 0.374 e. The van der Waals surface area contributed by atoms with E-state index in [4.69, 9.17) is 0 Å². The van der Waals surface area contributed by atoms with Crippen LogP contribution in [0.2, 0.25) is 0 Å². The van der Waals surface area contributed by atoms with Crippen LogP contribution in [0.25, 0.3) is 0 Å². The fraction of sp³-hybridized carbons (Fsp3) is 0.231. The van der Waals surface area contributed by atoms with E-state index < -0.39 is 4.92 Å². The zero-order chi connectivity index (χ0) is 15.4. The van der Waals surface area contributed by atoms with Gasteiger partial charge in [0.25, 0.3) is 11.6 Å². The summed E-state index contributed by atoms with van der Waals surface area (Å²) in [5, 5.41) is 17.7. The van der Waals surface area contributed by atoms with Gasteiger partial charge < -0.3 is 14.7 Å². The molecule has 0 radical (unpaired) electrons. The molecule has 0 bridgehead atoms. The van der Waals surface area contributed by atoms with Crippen molar-refractivity contribution < 1.29 is 14.2 Å². The van der Waals surface area contributed by atoms with Crippen LogP contribution in [0.4, 0.5) is 11.4 Å². The summed E-state index contributed by atoms with van der Waals surface area (Å²) in [6.45, 7) is 0.290. The van der Waals surface area contributed by atoms with Crippen molar-refractivity contribution in [1.82, 2.24) is 10.1 Å². The van der Waals surface area contributed by atoms with E-state index in [0.29, 0.717) is 11.4 Å². The van der Waals surface area contributed by atoms with E-state index in [9.17, 15) is 14.9 Å². The number of aromatic nitrogens is 1. The average molecular weight is 290 g/mol. The molecule has 8 heteroatoms. The number of nitrogens with zero attached hydrogens (tertiary/aromatic N) is 3. The van der Waals surface area contributed by atoms with E-state index in [1.165, 1.54) is 23.3 Å². The van der Waals surface area contributed by atoms with E-state index in [1.54, 1.807) is 26.2 Å². The number of benzene rings is 1. The van der Waals surface area contributed by atoms with Gasteiger partial charge in [0.1, 0.15) is 17.6 Å². The monoisotopic (exact) mass is 290 g/mol. The molecule has 2 aromatic rings. The molecule has 0 spiro atoms. The lowest BCUT2D eigenvalue weighted by molar-refractivity contribution is -0.384. The highest BCUT2D eigenvalue weighted by Crippen LogP contribution is 2.26. The van der Waals surface area contributed by atoms with Gasteiger partial charge in [-0.1, -0.05) is 5.16 Å². The van der Waals surface area contributed by atoms with Crippen LogP contribution >= 0.6 is 0 Å². The van der Waals surface area contributed by atoms with Gasteiger partial charge >= 0.3 is 0 Å². The molecule has 21 heavy (non-hydrogen) atoms. The first-order valence-corrected chi connectivity index (χ1v) is 6.12. The molecule has 8 nitrogen and oxygen atoms in total. The molecule has 1 aromatic heterocycles. The summed E-state index contributed by atoms with van der Waals surface area (Å²) in [4.78, 5) is 23.8. The van der Waals surface area contributed by atoms with Crippen molar-refractivity contribution >= 4 is 17.3 Å². The Morgan fingerprint density at radius 1 is 1.43 bits per heavy atom. The van der Waals surface area contributed by atoms with Crippen LogP contribution in [0.15, 0.2) is 35.1 Å². The highest BCUT2D eigenvalue weighted by Gasteiger charge is 2.18. The second kappa shape index (κ2) is 6.04. The number of hydrogen-bond acceptors (Lipinski definition) is 6. The molecule has 0 atom stereocenters. The Morgan fingerprint density at radius 2 is 2.19 bits per heavy atom. The molecule has 0 fully saturated rings. The Labute approximate surface area is 120 Å². The van der Waals surface area contributed by atoms with Crippen LogP contribution in [-0.4, -0.2) is 35.0 Å². The van der Waals surface area contributed by atoms with E-state index in [1.807, 2.05) is 0 Å². The zero-order valence-electron chi connectivity index (χ0n) is 11.6. The molecule has 1 aromatic carbocycles. The SMILES string of the molecule is CN(C)C(=O)c1ccc(NCc2ccon2)c([N+](=O)[O-])c1. The maximum atomic E-state index is 11.8. The minimum absolute atomic E-state index is 0.161. The number of amides is 1. The summed E-state index contributed by atoms with van der Waals surface area (Å²) in [7, 11) is 3.18. The summed E-state index contributed by atoms with van der Waals surface area (Å²) in [5.41, 5.74) is 1.04. The molecule has 0 saturated carbocycles. The van der Waals surface area contributed by atoms with Gasteiger partial charge in [0.05, 0.1) is 11.5 Å². The van der Waals surface area contributed by atoms with Gasteiger partial charge in [-0.15, -0.1) is 0 Å². The third kappa shape index (κ3) is 3.35. The third-order valence-electron chi connectivity index (χ3n) is 2.80. The molecule has 1 heterocycles. The Bertz CT molecular complexity index is 652. The Kier molecular flexibility index (Phi) is 4.17. The summed E-state index contributed by atoms with van der Waals surface area (Å²) < 4.78 is 4.68. The normalized spacial score (nSPS) is 10.2. The number of nitrogens with one attached hydrogen (secondary N) is 1. The molecule has 0 aliphatic heterocycles. The van der Waals surface area contributed by atoms with Crippen LogP contribution in [-0.2, 0) is 6.54 Å². The number of carbonyl (C=O) groups is 1. The number of nitro groups is 1. The lowest BCUT2D eigenvalue weighted by Crippen LogP contribution is -2.21. The third-order valence-corrected chi connectivity index (χ3v) is 2.80. The highest BCUT2D eigenvalue weighted by molar-refractivity contribution is 5.95. The Balaban J connectivity index is 2.25. The van der Waals surface area contributed by atoms with Gasteiger partial charge in [0.15, 0.2) is 0 Å². The molecule has 0 aliphatic carbocycles. The lowest BCUT2D eigenvalue weighted by atomic mass is 10.1. The van der Waals surface area contributed by atoms with Crippen LogP contribution in [0.5, 0.6) is 0 Å². The van der Waals surface area contributed by atoms with Gasteiger partial charge in [-0.05, 0) is 12.1 Å². The van der Waals surface area contributed by atoms with Crippen LogP contribution in [0.3, 0.4) is 0 Å². The lowest BCUT2D eigenvalue weighted by Gasteiger charge is -2.11. The van der Waals surface area contributed by atoms with Gasteiger partial charge in [-0.3, -0.25) is 14.9 Å². The van der Waals surface area contributed by atoms with Crippen LogP contribution < -0.4 is 5.32 Å². The fourth-order valence-electron chi connectivity index (χ4n) is 1.74. The number of carbonyl (C=O) groups excluding carboxylic acids is 1. The van der Waals surface area contributed by atoms with Crippen molar-refractivity contribution in [3.8, 4) is 0 Å². The molecule has 2 rings (SSSR count). The maximum absolute atomic E-state index is 11.8. The molecular weight excluding hydrogens is 276 g/mol. The molecule has 0 aliphatic rings. The average Bonchev–Trinajstić information content (AvgIpc) is 2.97. The minimum atomic E-state index is -0.530. The second-order valence-corrected chi connectivity index (χ2v) is 4.53. The predicted molar refractivity (Wildman–Crippen MR) is 74.9 cm³/mol. The van der Waals surface area contributed by atoms with Crippen molar-refractivity contribution in [2.75, 3.05) is 19.4 Å². The van der Waals surface area contributed by atoms with Gasteiger partial charge in [0, 0.05) is 31.8 Å². The van der Waals surface area contributed by atoms with Crippen molar-refractivity contribution in [1.29, 1.82) is 0 Å². The van der Waals surface area contributed by atoms with Crippen molar-refractivity contribution in [3.63, 3.8) is 0 Å². The standard InChI is InChI=1S/C13H14N4O4/c1-16(2)13(18)9-3-4-11(12(7-9)17(19)20)14-8-10-5-6-21-15-10/h3-7,14H,8H2,1-2H3. The summed E-state index contributed by atoms with van der Waals surface area (Å²) in [6.07, 6.45) is 1.42. The zero-order valence-corrected chi connectivity index (χ0v) is 11.6. The molecular formula is C13H14N4O4. The van der Waals surface area contributed by atoms with Gasteiger partial charge in [-0.2, -0.15) is 0 Å². The highest BCUT2D eigenvalue weighted by atomic mass is 16.6. The topological polar surface area (TPSA) is 102 Å². The van der Waals surface area contributed by atoms with E-state index >= 15 is 0 Å². The van der Waals surface area contributed by atoms with Gasteiger partial charge in [0.2, 0.25) is 0 Å². The first kappa shape index (κ1) is 14.5. The predicted octanol–water partition coefficient (Wildman–Crippen LogP) is 1.90. The Morgan fingerprint density at radius 3 is 2.76 bits per heavy atom. The minimum Gasteiger partial charge on any atom is -0.374 e. The quantitative estimate of drug-likeness (QED) is 0.666. The smallest absolute Gasteiger partial charge is 0.293 e. The second-order valence-electron chi connectivity index (χ2n) is 4.53. The van der Waals surface area contributed by atoms with Crippen molar-refractivity contribution in [2.24, 2.45) is 0 Å². The molecule has 0 saturated heterocycles. The first-order valence-electron chi connectivity index (χ1n) is 6.12. The molecule has 110 valence electrons. The summed E-state index contributed by atoms with van der Waals surface area (Å²) >= 11 is 0. The van der Waals surface area contributed by atoms with Crippen molar-refractivity contribution in [3.05, 3.63) is 51.9 Å². The fourth-order valence-corrected chi connectivity index (χ4v) is 1.74. The number of hydrogen-bond donors (Lipinski definition) is 1. The van der Waals surface area contributed by atoms with E-state index in [2.05, 4.69) is 15.0 Å². The summed E-state index contributed by atoms with van der Waals surface area (Å²) in [6, 6.07) is 5.96. The van der Waals surface area contributed by atoms with E-state index in [-0.39, 0.29) is 23.7 Å². The van der Waals surface area contributed by atoms with Crippen LogP contribution in [0.1, 0.15) is 16.1 Å². The molecule has 1 amide bonds. The van der Waals surface area contributed by atoms with Gasteiger partial charge in [-0.25, -0.2) is 0 Å². The van der Waals surface area contributed by atoms with Crippen molar-refractivity contribution in [2.45, 2.75) is 6.54 Å². The first-order chi connectivity index (χ1) is 9.99. The molecule has 1 N–H and O–H groups in total.